The third-order valence-corrected chi connectivity index (χ3v) is 4.69. The van der Waals surface area contributed by atoms with Crippen LogP contribution in [0.5, 0.6) is 0 Å². The number of anilines is 1. The topological polar surface area (TPSA) is 86.4 Å². The van der Waals surface area contributed by atoms with E-state index in [0.29, 0.717) is 24.0 Å². The van der Waals surface area contributed by atoms with E-state index in [2.05, 4.69) is 9.97 Å². The molecule has 2 amide bonds. The molecule has 1 N–H and O–H groups in total. The third-order valence-electron chi connectivity index (χ3n) is 4.69. The van der Waals surface area contributed by atoms with Crippen LogP contribution in [0.25, 0.3) is 10.9 Å². The molecular formula is C20H18N4O3. The minimum atomic E-state index is -0.582. The van der Waals surface area contributed by atoms with Gasteiger partial charge in [0, 0.05) is 24.2 Å². The largest absolute Gasteiger partial charge is 0.346 e. The summed E-state index contributed by atoms with van der Waals surface area (Å²) >= 11 is 0. The van der Waals surface area contributed by atoms with E-state index in [-0.39, 0.29) is 18.1 Å². The standard InChI is InChI=1S/C20H18N4O3/c1-13-6-8-14(9-7-13)24-11-10-23(12-17(24)25)19(26)18-15-4-2-3-5-16(15)21-20(27)22-18/h2-9H,10-12H2,1H3,(H,21,22,27). The van der Waals surface area contributed by atoms with Crippen LogP contribution in [0.15, 0.2) is 53.3 Å². The summed E-state index contributed by atoms with van der Waals surface area (Å²) in [5.74, 6) is -0.568. The van der Waals surface area contributed by atoms with Crippen LogP contribution in [0, 0.1) is 6.92 Å². The van der Waals surface area contributed by atoms with Crippen molar-refractivity contribution in [3.63, 3.8) is 0 Å². The minimum absolute atomic E-state index is 0.0461. The molecule has 1 aliphatic rings. The fraction of sp³-hybridized carbons (Fsp3) is 0.200. The summed E-state index contributed by atoms with van der Waals surface area (Å²) in [5, 5.41) is 0.565. The number of carbonyl (C=O) groups excluding carboxylic acids is 2. The first-order chi connectivity index (χ1) is 13.0. The Morgan fingerprint density at radius 1 is 1.04 bits per heavy atom. The van der Waals surface area contributed by atoms with Crippen molar-refractivity contribution in [3.8, 4) is 0 Å². The first kappa shape index (κ1) is 17.0. The van der Waals surface area contributed by atoms with E-state index in [1.54, 1.807) is 29.2 Å². The molecule has 4 rings (SSSR count). The Balaban J connectivity index is 1.59. The highest BCUT2D eigenvalue weighted by Crippen LogP contribution is 2.20. The number of carbonyl (C=O) groups is 2. The highest BCUT2D eigenvalue weighted by Gasteiger charge is 2.30. The van der Waals surface area contributed by atoms with Crippen LogP contribution in [-0.2, 0) is 4.79 Å². The summed E-state index contributed by atoms with van der Waals surface area (Å²) in [4.78, 5) is 46.9. The summed E-state index contributed by atoms with van der Waals surface area (Å²) in [6.07, 6.45) is 0. The molecule has 27 heavy (non-hydrogen) atoms. The molecule has 1 saturated heterocycles. The van der Waals surface area contributed by atoms with Gasteiger partial charge in [-0.05, 0) is 25.1 Å². The lowest BCUT2D eigenvalue weighted by Crippen LogP contribution is -2.52. The number of rotatable bonds is 2. The molecule has 0 saturated carbocycles. The number of hydrogen-bond donors (Lipinski definition) is 1. The highest BCUT2D eigenvalue weighted by atomic mass is 16.2. The van der Waals surface area contributed by atoms with Crippen molar-refractivity contribution in [2.45, 2.75) is 6.92 Å². The maximum Gasteiger partial charge on any atom is 0.346 e. The average molecular weight is 362 g/mol. The van der Waals surface area contributed by atoms with Gasteiger partial charge in [-0.15, -0.1) is 0 Å². The summed E-state index contributed by atoms with van der Waals surface area (Å²) in [7, 11) is 0. The second-order valence-electron chi connectivity index (χ2n) is 6.54. The number of amides is 2. The number of piperazine rings is 1. The number of para-hydroxylation sites is 1. The lowest BCUT2D eigenvalue weighted by atomic mass is 10.1. The van der Waals surface area contributed by atoms with Crippen LogP contribution in [0.1, 0.15) is 16.1 Å². The molecule has 3 aromatic rings. The molecule has 0 spiro atoms. The summed E-state index contributed by atoms with van der Waals surface area (Å²) < 4.78 is 0. The Bertz CT molecular complexity index is 1090. The average Bonchev–Trinajstić information content (AvgIpc) is 2.67. The van der Waals surface area contributed by atoms with Crippen LogP contribution in [0.3, 0.4) is 0 Å². The van der Waals surface area contributed by atoms with Gasteiger partial charge in [0.15, 0.2) is 0 Å². The normalized spacial score (nSPS) is 14.6. The monoisotopic (exact) mass is 362 g/mol. The molecule has 0 bridgehead atoms. The molecule has 2 heterocycles. The zero-order valence-corrected chi connectivity index (χ0v) is 14.8. The first-order valence-electron chi connectivity index (χ1n) is 8.68. The fourth-order valence-corrected chi connectivity index (χ4v) is 3.26. The Hall–Kier alpha value is -3.48. The van der Waals surface area contributed by atoms with Gasteiger partial charge in [-0.3, -0.25) is 9.59 Å². The Kier molecular flexibility index (Phi) is 4.19. The zero-order chi connectivity index (χ0) is 19.0. The van der Waals surface area contributed by atoms with E-state index < -0.39 is 11.6 Å². The number of fused-ring (bicyclic) bond motifs is 1. The number of hydrogen-bond acceptors (Lipinski definition) is 4. The lowest BCUT2D eigenvalue weighted by Gasteiger charge is -2.34. The molecule has 0 unspecified atom stereocenters. The molecule has 1 aliphatic heterocycles. The number of nitrogens with one attached hydrogen (secondary N) is 1. The second-order valence-corrected chi connectivity index (χ2v) is 6.54. The summed E-state index contributed by atoms with van der Waals surface area (Å²) in [6.45, 7) is 2.71. The molecule has 136 valence electrons. The van der Waals surface area contributed by atoms with Crippen molar-refractivity contribution in [2.24, 2.45) is 0 Å². The molecule has 1 aromatic heterocycles. The number of benzene rings is 2. The zero-order valence-electron chi connectivity index (χ0n) is 14.8. The van der Waals surface area contributed by atoms with Gasteiger partial charge < -0.3 is 14.8 Å². The molecule has 1 fully saturated rings. The molecule has 0 radical (unpaired) electrons. The van der Waals surface area contributed by atoms with E-state index in [1.165, 1.54) is 4.90 Å². The van der Waals surface area contributed by atoms with Gasteiger partial charge in [0.2, 0.25) is 5.91 Å². The Morgan fingerprint density at radius 2 is 1.78 bits per heavy atom. The SMILES string of the molecule is Cc1ccc(N2CCN(C(=O)c3nc(=O)[nH]c4ccccc34)CC2=O)cc1. The van der Waals surface area contributed by atoms with E-state index in [0.717, 1.165) is 11.3 Å². The third kappa shape index (κ3) is 3.19. The molecule has 0 aliphatic carbocycles. The van der Waals surface area contributed by atoms with Crippen LogP contribution < -0.4 is 10.6 Å². The predicted octanol–water partition coefficient (Wildman–Crippen LogP) is 1.72. The van der Waals surface area contributed by atoms with E-state index >= 15 is 0 Å². The number of nitrogens with zero attached hydrogens (tertiary/aromatic N) is 3. The van der Waals surface area contributed by atoms with Gasteiger partial charge in [0.05, 0.1) is 5.52 Å². The van der Waals surface area contributed by atoms with Crippen LogP contribution in [0.4, 0.5) is 5.69 Å². The molecule has 7 heteroatoms. The quantitative estimate of drug-likeness (QED) is 0.752. The van der Waals surface area contributed by atoms with E-state index in [9.17, 15) is 14.4 Å². The van der Waals surface area contributed by atoms with Crippen molar-refractivity contribution >= 4 is 28.4 Å². The number of aromatic nitrogens is 2. The summed E-state index contributed by atoms with van der Waals surface area (Å²) in [6, 6.07) is 14.7. The van der Waals surface area contributed by atoms with Gasteiger partial charge in [0.1, 0.15) is 12.2 Å². The predicted molar refractivity (Wildman–Crippen MR) is 102 cm³/mol. The van der Waals surface area contributed by atoms with E-state index in [4.69, 9.17) is 0 Å². The molecule has 7 nitrogen and oxygen atoms in total. The van der Waals surface area contributed by atoms with Crippen molar-refractivity contribution in [1.29, 1.82) is 0 Å². The van der Waals surface area contributed by atoms with Gasteiger partial charge >= 0.3 is 5.69 Å². The van der Waals surface area contributed by atoms with Crippen molar-refractivity contribution < 1.29 is 9.59 Å². The maximum atomic E-state index is 12.9. The second kappa shape index (κ2) is 6.68. The van der Waals surface area contributed by atoms with Gasteiger partial charge in [-0.25, -0.2) is 4.79 Å². The molecule has 2 aromatic carbocycles. The van der Waals surface area contributed by atoms with Gasteiger partial charge in [-0.1, -0.05) is 35.9 Å². The number of aromatic amines is 1. The van der Waals surface area contributed by atoms with Gasteiger partial charge in [-0.2, -0.15) is 4.98 Å². The highest BCUT2D eigenvalue weighted by molar-refractivity contribution is 6.06. The Morgan fingerprint density at radius 3 is 2.52 bits per heavy atom. The molecular weight excluding hydrogens is 344 g/mol. The summed E-state index contributed by atoms with van der Waals surface area (Å²) in [5.41, 5.74) is 1.97. The Labute approximate surface area is 155 Å². The smallest absolute Gasteiger partial charge is 0.326 e. The van der Waals surface area contributed by atoms with Crippen molar-refractivity contribution in [3.05, 3.63) is 70.3 Å². The van der Waals surface area contributed by atoms with Crippen LogP contribution in [0.2, 0.25) is 0 Å². The maximum absolute atomic E-state index is 12.9. The van der Waals surface area contributed by atoms with Crippen LogP contribution >= 0.6 is 0 Å². The van der Waals surface area contributed by atoms with Gasteiger partial charge in [0.25, 0.3) is 5.91 Å². The fourth-order valence-electron chi connectivity index (χ4n) is 3.26. The van der Waals surface area contributed by atoms with Crippen molar-refractivity contribution in [1.82, 2.24) is 14.9 Å². The van der Waals surface area contributed by atoms with Crippen LogP contribution in [-0.4, -0.2) is 46.3 Å². The lowest BCUT2D eigenvalue weighted by molar-refractivity contribution is -0.120. The number of aryl methyl sites for hydroxylation is 1. The minimum Gasteiger partial charge on any atom is -0.326 e. The number of H-pyrrole nitrogens is 1. The van der Waals surface area contributed by atoms with E-state index in [1.807, 2.05) is 31.2 Å². The molecule has 0 atom stereocenters. The first-order valence-corrected chi connectivity index (χ1v) is 8.68. The van der Waals surface area contributed by atoms with Crippen molar-refractivity contribution in [2.75, 3.05) is 24.5 Å².